The Kier molecular flexibility index (Phi) is 8.25. The van der Waals surface area contributed by atoms with Gasteiger partial charge in [-0.15, -0.1) is 11.8 Å². The lowest BCUT2D eigenvalue weighted by Gasteiger charge is -2.23. The number of carboxylic acid groups (broad SMARTS) is 1. The Morgan fingerprint density at radius 3 is 2.46 bits per heavy atom. The minimum absolute atomic E-state index is 0.0390. The van der Waals surface area contributed by atoms with Crippen LogP contribution in [0.2, 0.25) is 0 Å². The Labute approximate surface area is 144 Å². The summed E-state index contributed by atoms with van der Waals surface area (Å²) in [4.78, 5) is 36.2. The zero-order valence-electron chi connectivity index (χ0n) is 13.6. The second-order valence-corrected chi connectivity index (χ2v) is 6.49. The summed E-state index contributed by atoms with van der Waals surface area (Å²) in [5.41, 5.74) is 0.472. The molecule has 0 heterocycles. The monoisotopic (exact) mass is 356 g/mol. The molecule has 2 N–H and O–H groups in total. The number of rotatable bonds is 9. The van der Waals surface area contributed by atoms with Crippen molar-refractivity contribution in [2.24, 2.45) is 0 Å². The van der Waals surface area contributed by atoms with Crippen molar-refractivity contribution in [2.75, 3.05) is 24.2 Å². The fourth-order valence-corrected chi connectivity index (χ4v) is 2.72. The fourth-order valence-electron chi connectivity index (χ4n) is 1.96. The maximum Gasteiger partial charge on any atom is 0.323 e. The number of carbonyl (C=O) groups is 3. The molecule has 0 aromatic heterocycles. The average molecular weight is 356 g/mol. The van der Waals surface area contributed by atoms with E-state index in [1.807, 2.05) is 6.92 Å². The molecule has 1 unspecified atom stereocenters. The van der Waals surface area contributed by atoms with Gasteiger partial charge in [-0.2, -0.15) is 0 Å². The van der Waals surface area contributed by atoms with Crippen LogP contribution in [-0.4, -0.2) is 51.9 Å². The molecular formula is C16H21FN2O4S. The summed E-state index contributed by atoms with van der Waals surface area (Å²) >= 11 is 1.13. The minimum Gasteiger partial charge on any atom is -0.480 e. The van der Waals surface area contributed by atoms with Gasteiger partial charge in [-0.05, 0) is 37.6 Å². The maximum absolute atomic E-state index is 12.8. The molecule has 0 fully saturated rings. The van der Waals surface area contributed by atoms with Crippen LogP contribution in [-0.2, 0) is 14.4 Å². The van der Waals surface area contributed by atoms with Gasteiger partial charge >= 0.3 is 5.97 Å². The number of nitrogens with zero attached hydrogens (tertiary/aromatic N) is 1. The van der Waals surface area contributed by atoms with Crippen LogP contribution in [0.15, 0.2) is 24.3 Å². The van der Waals surface area contributed by atoms with Crippen molar-refractivity contribution in [2.45, 2.75) is 25.5 Å². The standard InChI is InChI=1S/C16H21FN2O4S/c1-3-8-19(9-15(21)22)16(23)11(2)24-10-14(20)18-13-6-4-12(17)5-7-13/h4-7,11H,3,8-10H2,1-2H3,(H,18,20)(H,21,22). The summed E-state index contributed by atoms with van der Waals surface area (Å²) in [6.45, 7) is 3.51. The van der Waals surface area contributed by atoms with Gasteiger partial charge in [-0.3, -0.25) is 14.4 Å². The summed E-state index contributed by atoms with van der Waals surface area (Å²) in [5, 5.41) is 10.9. The number of carbonyl (C=O) groups excluding carboxylic acids is 2. The number of anilines is 1. The Hall–Kier alpha value is -2.09. The van der Waals surface area contributed by atoms with E-state index in [-0.39, 0.29) is 24.1 Å². The van der Waals surface area contributed by atoms with E-state index in [1.54, 1.807) is 6.92 Å². The zero-order chi connectivity index (χ0) is 18.1. The molecule has 1 aromatic carbocycles. The molecule has 1 aromatic rings. The molecule has 1 rings (SSSR count). The topological polar surface area (TPSA) is 86.7 Å². The third-order valence-corrected chi connectivity index (χ3v) is 4.20. The van der Waals surface area contributed by atoms with Crippen molar-refractivity contribution >= 4 is 35.2 Å². The van der Waals surface area contributed by atoms with Gasteiger partial charge in [0.2, 0.25) is 11.8 Å². The molecular weight excluding hydrogens is 335 g/mol. The number of aliphatic carboxylic acids is 1. The Morgan fingerprint density at radius 2 is 1.92 bits per heavy atom. The zero-order valence-corrected chi connectivity index (χ0v) is 14.4. The number of hydrogen-bond donors (Lipinski definition) is 2. The summed E-state index contributed by atoms with van der Waals surface area (Å²) in [6.07, 6.45) is 0.654. The van der Waals surface area contributed by atoms with Gasteiger partial charge in [0.05, 0.1) is 11.0 Å². The summed E-state index contributed by atoms with van der Waals surface area (Å²) < 4.78 is 12.8. The molecule has 0 aliphatic carbocycles. The molecule has 0 aliphatic heterocycles. The van der Waals surface area contributed by atoms with Crippen LogP contribution in [0.3, 0.4) is 0 Å². The van der Waals surface area contributed by atoms with Crippen LogP contribution in [0.25, 0.3) is 0 Å². The second kappa shape index (κ2) is 9.92. The molecule has 132 valence electrons. The molecule has 2 amide bonds. The van der Waals surface area contributed by atoms with Gasteiger partial charge in [0, 0.05) is 12.2 Å². The van der Waals surface area contributed by atoms with Crippen LogP contribution in [0.1, 0.15) is 20.3 Å². The van der Waals surface area contributed by atoms with Crippen LogP contribution < -0.4 is 5.32 Å². The van der Waals surface area contributed by atoms with Gasteiger partial charge in [0.25, 0.3) is 0 Å². The molecule has 0 saturated heterocycles. The van der Waals surface area contributed by atoms with Crippen LogP contribution >= 0.6 is 11.8 Å². The molecule has 0 aliphatic rings. The van der Waals surface area contributed by atoms with E-state index in [4.69, 9.17) is 5.11 Å². The van der Waals surface area contributed by atoms with Crippen LogP contribution in [0.4, 0.5) is 10.1 Å². The van der Waals surface area contributed by atoms with E-state index in [0.717, 1.165) is 11.8 Å². The van der Waals surface area contributed by atoms with Crippen molar-refractivity contribution < 1.29 is 23.9 Å². The number of hydrogen-bond acceptors (Lipinski definition) is 4. The van der Waals surface area contributed by atoms with Gasteiger partial charge in [-0.1, -0.05) is 6.92 Å². The number of benzene rings is 1. The van der Waals surface area contributed by atoms with Crippen molar-refractivity contribution in [1.29, 1.82) is 0 Å². The van der Waals surface area contributed by atoms with Crippen molar-refractivity contribution in [3.63, 3.8) is 0 Å². The summed E-state index contributed by atoms with van der Waals surface area (Å²) in [7, 11) is 0. The Morgan fingerprint density at radius 1 is 1.29 bits per heavy atom. The number of thioether (sulfide) groups is 1. The highest BCUT2D eigenvalue weighted by Crippen LogP contribution is 2.15. The minimum atomic E-state index is -1.07. The Balaban J connectivity index is 2.49. The van der Waals surface area contributed by atoms with E-state index in [0.29, 0.717) is 18.7 Å². The van der Waals surface area contributed by atoms with E-state index in [2.05, 4.69) is 5.32 Å². The van der Waals surface area contributed by atoms with Crippen molar-refractivity contribution in [1.82, 2.24) is 4.90 Å². The van der Waals surface area contributed by atoms with E-state index in [9.17, 15) is 18.8 Å². The molecule has 24 heavy (non-hydrogen) atoms. The predicted molar refractivity (Wildman–Crippen MR) is 91.5 cm³/mol. The van der Waals surface area contributed by atoms with Gasteiger partial charge in [0.15, 0.2) is 0 Å². The van der Waals surface area contributed by atoms with Gasteiger partial charge in [0.1, 0.15) is 12.4 Å². The largest absolute Gasteiger partial charge is 0.480 e. The van der Waals surface area contributed by atoms with E-state index >= 15 is 0 Å². The first-order chi connectivity index (χ1) is 11.3. The van der Waals surface area contributed by atoms with Crippen molar-refractivity contribution in [3.8, 4) is 0 Å². The SMILES string of the molecule is CCCN(CC(=O)O)C(=O)C(C)SCC(=O)Nc1ccc(F)cc1. The molecule has 8 heteroatoms. The van der Waals surface area contributed by atoms with Gasteiger partial charge in [-0.25, -0.2) is 4.39 Å². The quantitative estimate of drug-likeness (QED) is 0.708. The number of carboxylic acids is 1. The number of amides is 2. The van der Waals surface area contributed by atoms with Crippen LogP contribution in [0.5, 0.6) is 0 Å². The smallest absolute Gasteiger partial charge is 0.323 e. The first kappa shape index (κ1) is 20.0. The molecule has 0 bridgehead atoms. The number of halogens is 1. The normalized spacial score (nSPS) is 11.6. The fraction of sp³-hybridized carbons (Fsp3) is 0.438. The Bertz CT molecular complexity index is 580. The molecule has 0 saturated carbocycles. The second-order valence-electron chi connectivity index (χ2n) is 5.16. The highest BCUT2D eigenvalue weighted by atomic mass is 32.2. The lowest BCUT2D eigenvalue weighted by molar-refractivity contribution is -0.144. The first-order valence-electron chi connectivity index (χ1n) is 7.51. The van der Waals surface area contributed by atoms with E-state index in [1.165, 1.54) is 29.2 Å². The highest BCUT2D eigenvalue weighted by Gasteiger charge is 2.23. The lowest BCUT2D eigenvalue weighted by Crippen LogP contribution is -2.40. The summed E-state index contributed by atoms with van der Waals surface area (Å²) in [5.74, 6) is -2.04. The lowest BCUT2D eigenvalue weighted by atomic mass is 10.3. The van der Waals surface area contributed by atoms with E-state index < -0.39 is 17.0 Å². The third kappa shape index (κ3) is 6.99. The molecule has 1 atom stereocenters. The molecule has 0 radical (unpaired) electrons. The predicted octanol–water partition coefficient (Wildman–Crippen LogP) is 2.21. The van der Waals surface area contributed by atoms with Crippen LogP contribution in [0, 0.1) is 5.82 Å². The maximum atomic E-state index is 12.8. The van der Waals surface area contributed by atoms with Crippen molar-refractivity contribution in [3.05, 3.63) is 30.1 Å². The summed E-state index contributed by atoms with van der Waals surface area (Å²) in [6, 6.07) is 5.37. The first-order valence-corrected chi connectivity index (χ1v) is 8.56. The average Bonchev–Trinajstić information content (AvgIpc) is 2.53. The number of nitrogens with one attached hydrogen (secondary N) is 1. The molecule has 0 spiro atoms. The molecule has 6 nitrogen and oxygen atoms in total. The highest BCUT2D eigenvalue weighted by molar-refractivity contribution is 8.01. The third-order valence-electron chi connectivity index (χ3n) is 3.07. The van der Waals surface area contributed by atoms with Gasteiger partial charge < -0.3 is 15.3 Å².